The number of hydrogen-bond donors (Lipinski definition) is 0. The van der Waals surface area contributed by atoms with Crippen LogP contribution in [-0.4, -0.2) is 6.54 Å². The van der Waals surface area contributed by atoms with Crippen molar-refractivity contribution >= 4 is 0 Å². The molecule has 40 valence electrons. The van der Waals surface area contributed by atoms with Gasteiger partial charge in [0.25, 0.3) is 0 Å². The van der Waals surface area contributed by atoms with E-state index in [-0.39, 0.29) is 0 Å². The molecule has 0 aromatic heterocycles. The molecule has 0 spiro atoms. The second-order valence-corrected chi connectivity index (χ2v) is 1.16. The number of azo groups is 1. The van der Waals surface area contributed by atoms with Gasteiger partial charge in [0.1, 0.15) is 0 Å². The quantitative estimate of drug-likeness (QED) is 0.482. The molecular weight excluding hydrogens is 88.1 g/mol. The second kappa shape index (κ2) is 5.34. The Labute approximate surface area is 44.0 Å². The Kier molecular flexibility index (Phi) is 4.84. The summed E-state index contributed by atoms with van der Waals surface area (Å²) in [6.45, 7) is 6.24. The lowest BCUT2D eigenvalue weighted by Crippen LogP contribution is -1.68. The van der Waals surface area contributed by atoms with Crippen LogP contribution in [0.15, 0.2) is 23.0 Å². The molecule has 0 rings (SSSR count). The van der Waals surface area contributed by atoms with E-state index < -0.39 is 0 Å². The molecular formula is C5H10N2. The molecule has 0 amide bonds. The third kappa shape index (κ3) is 5.34. The van der Waals surface area contributed by atoms with Gasteiger partial charge in [-0.3, -0.25) is 0 Å². The van der Waals surface area contributed by atoms with Gasteiger partial charge < -0.3 is 0 Å². The van der Waals surface area contributed by atoms with Crippen LogP contribution in [0.2, 0.25) is 0 Å². The van der Waals surface area contributed by atoms with Gasteiger partial charge in [-0.05, 0) is 6.42 Å². The molecule has 0 aliphatic rings. The third-order valence-electron chi connectivity index (χ3n) is 0.487. The number of rotatable bonds is 3. The maximum atomic E-state index is 3.72. The lowest BCUT2D eigenvalue weighted by atomic mass is 10.5. The van der Waals surface area contributed by atoms with Gasteiger partial charge in [-0.15, -0.1) is 0 Å². The van der Waals surface area contributed by atoms with Crippen LogP contribution in [0, 0.1) is 0 Å². The Morgan fingerprint density at radius 3 is 2.86 bits per heavy atom. The van der Waals surface area contributed by atoms with Crippen molar-refractivity contribution in [3.8, 4) is 0 Å². The predicted molar refractivity (Wildman–Crippen MR) is 30.2 cm³/mol. The first kappa shape index (κ1) is 6.34. The zero-order valence-corrected chi connectivity index (χ0v) is 4.59. The lowest BCUT2D eigenvalue weighted by Gasteiger charge is -1.77. The van der Waals surface area contributed by atoms with Gasteiger partial charge in [0, 0.05) is 6.20 Å². The van der Waals surface area contributed by atoms with E-state index in [1.54, 1.807) is 0 Å². The van der Waals surface area contributed by atoms with Gasteiger partial charge in [-0.25, -0.2) is 0 Å². The standard InChI is InChI=1S/C5H10N2/c1-3-5-7-6-4-2/h4H,2-3,5H2,1H3. The van der Waals surface area contributed by atoms with Crippen molar-refractivity contribution in [3.05, 3.63) is 12.8 Å². The Hall–Kier alpha value is -0.660. The van der Waals surface area contributed by atoms with Gasteiger partial charge in [0.05, 0.1) is 6.54 Å². The summed E-state index contributed by atoms with van der Waals surface area (Å²) >= 11 is 0. The summed E-state index contributed by atoms with van der Waals surface area (Å²) in [7, 11) is 0. The van der Waals surface area contributed by atoms with Crippen LogP contribution >= 0.6 is 0 Å². The fourth-order valence-electron chi connectivity index (χ4n) is 0.215. The van der Waals surface area contributed by atoms with Gasteiger partial charge in [0.2, 0.25) is 0 Å². The predicted octanol–water partition coefficient (Wildman–Crippen LogP) is 1.99. The van der Waals surface area contributed by atoms with E-state index >= 15 is 0 Å². The molecule has 0 heterocycles. The second-order valence-electron chi connectivity index (χ2n) is 1.16. The first-order chi connectivity index (χ1) is 3.41. The zero-order chi connectivity index (χ0) is 5.54. The summed E-state index contributed by atoms with van der Waals surface area (Å²) in [5.74, 6) is 0. The van der Waals surface area contributed by atoms with E-state index in [1.165, 1.54) is 6.20 Å². The van der Waals surface area contributed by atoms with E-state index in [2.05, 4.69) is 23.7 Å². The van der Waals surface area contributed by atoms with Crippen molar-refractivity contribution in [1.82, 2.24) is 0 Å². The van der Waals surface area contributed by atoms with E-state index in [9.17, 15) is 0 Å². The average molecular weight is 98.1 g/mol. The summed E-state index contributed by atoms with van der Waals surface area (Å²) in [6.07, 6.45) is 2.49. The van der Waals surface area contributed by atoms with Crippen molar-refractivity contribution in [2.45, 2.75) is 13.3 Å². The van der Waals surface area contributed by atoms with Gasteiger partial charge in [0.15, 0.2) is 0 Å². The topological polar surface area (TPSA) is 24.7 Å². The molecule has 0 fully saturated rings. The minimum absolute atomic E-state index is 0.812. The summed E-state index contributed by atoms with van der Waals surface area (Å²) in [5.41, 5.74) is 0. The minimum atomic E-state index is 0.812. The van der Waals surface area contributed by atoms with E-state index in [1.807, 2.05) is 0 Å². The summed E-state index contributed by atoms with van der Waals surface area (Å²) in [5, 5.41) is 7.27. The fourth-order valence-corrected chi connectivity index (χ4v) is 0.215. The molecule has 2 heteroatoms. The van der Waals surface area contributed by atoms with Crippen molar-refractivity contribution in [2.75, 3.05) is 6.54 Å². The Morgan fingerprint density at radius 1 is 1.71 bits per heavy atom. The van der Waals surface area contributed by atoms with Crippen molar-refractivity contribution < 1.29 is 0 Å². The van der Waals surface area contributed by atoms with Crippen molar-refractivity contribution in [3.63, 3.8) is 0 Å². The van der Waals surface area contributed by atoms with Crippen LogP contribution in [0.4, 0.5) is 0 Å². The largest absolute Gasteiger partial charge is 0.189 e. The molecule has 0 aromatic rings. The first-order valence-corrected chi connectivity index (χ1v) is 2.39. The molecule has 0 N–H and O–H groups in total. The van der Waals surface area contributed by atoms with Crippen LogP contribution in [-0.2, 0) is 0 Å². The normalized spacial score (nSPS) is 9.86. The molecule has 0 unspecified atom stereocenters. The molecule has 0 aromatic carbocycles. The molecule has 7 heavy (non-hydrogen) atoms. The minimum Gasteiger partial charge on any atom is -0.189 e. The molecule has 0 aliphatic heterocycles. The molecule has 0 aliphatic carbocycles. The molecule has 0 saturated heterocycles. The van der Waals surface area contributed by atoms with Crippen molar-refractivity contribution in [1.29, 1.82) is 0 Å². The molecule has 0 radical (unpaired) electrons. The molecule has 0 atom stereocenters. The highest BCUT2D eigenvalue weighted by atomic mass is 15.1. The maximum Gasteiger partial charge on any atom is 0.0600 e. The monoisotopic (exact) mass is 98.1 g/mol. The maximum absolute atomic E-state index is 3.72. The molecule has 0 bridgehead atoms. The smallest absolute Gasteiger partial charge is 0.0600 e. The van der Waals surface area contributed by atoms with Crippen LogP contribution < -0.4 is 0 Å². The van der Waals surface area contributed by atoms with Gasteiger partial charge in [-0.1, -0.05) is 13.5 Å². The van der Waals surface area contributed by atoms with Crippen LogP contribution in [0.1, 0.15) is 13.3 Å². The van der Waals surface area contributed by atoms with Crippen LogP contribution in [0.3, 0.4) is 0 Å². The molecule has 0 saturated carbocycles. The number of hydrogen-bond acceptors (Lipinski definition) is 2. The van der Waals surface area contributed by atoms with E-state index in [0.29, 0.717) is 0 Å². The van der Waals surface area contributed by atoms with E-state index in [4.69, 9.17) is 0 Å². The summed E-state index contributed by atoms with van der Waals surface area (Å²) in [6, 6.07) is 0. The number of nitrogens with zero attached hydrogens (tertiary/aromatic N) is 2. The fraction of sp³-hybridized carbons (Fsp3) is 0.600. The van der Waals surface area contributed by atoms with Crippen molar-refractivity contribution in [2.24, 2.45) is 10.2 Å². The van der Waals surface area contributed by atoms with Crippen LogP contribution in [0.25, 0.3) is 0 Å². The highest BCUT2D eigenvalue weighted by Gasteiger charge is 1.67. The third-order valence-corrected chi connectivity index (χ3v) is 0.487. The lowest BCUT2D eigenvalue weighted by molar-refractivity contribution is 0.875. The van der Waals surface area contributed by atoms with Gasteiger partial charge in [-0.2, -0.15) is 10.2 Å². The Balaban J connectivity index is 2.92. The van der Waals surface area contributed by atoms with Crippen LogP contribution in [0.5, 0.6) is 0 Å². The Morgan fingerprint density at radius 2 is 2.43 bits per heavy atom. The Bertz CT molecular complexity index is 66.5. The highest BCUT2D eigenvalue weighted by Crippen LogP contribution is 1.78. The highest BCUT2D eigenvalue weighted by molar-refractivity contribution is 4.56. The SMILES string of the molecule is C=CN=NCCC. The van der Waals surface area contributed by atoms with E-state index in [0.717, 1.165) is 13.0 Å². The molecule has 2 nitrogen and oxygen atoms in total. The summed E-state index contributed by atoms with van der Waals surface area (Å²) < 4.78 is 0. The van der Waals surface area contributed by atoms with Gasteiger partial charge >= 0.3 is 0 Å². The summed E-state index contributed by atoms with van der Waals surface area (Å²) in [4.78, 5) is 0. The average Bonchev–Trinajstić information content (AvgIpc) is 1.69. The zero-order valence-electron chi connectivity index (χ0n) is 4.59. The first-order valence-electron chi connectivity index (χ1n) is 2.39.